The van der Waals surface area contributed by atoms with Gasteiger partial charge in [0.2, 0.25) is 5.91 Å². The Morgan fingerprint density at radius 3 is 2.52 bits per heavy atom. The predicted octanol–water partition coefficient (Wildman–Crippen LogP) is 2.33. The highest BCUT2D eigenvalue weighted by Crippen LogP contribution is 2.20. The van der Waals surface area contributed by atoms with Crippen LogP contribution in [0.15, 0.2) is 24.3 Å². The van der Waals surface area contributed by atoms with Gasteiger partial charge in [0.15, 0.2) is 0 Å². The third-order valence-corrected chi connectivity index (χ3v) is 4.42. The third-order valence-electron chi connectivity index (χ3n) is 4.18. The second kappa shape index (κ2) is 9.51. The second-order valence-electron chi connectivity index (χ2n) is 6.65. The SMILES string of the molecule is CC(C)CCNC(=O)CNC(=O)N1CCN(c2cccc(Cl)c2)CC1. The minimum absolute atomic E-state index is 0.0193. The first-order valence-electron chi connectivity index (χ1n) is 8.75. The lowest BCUT2D eigenvalue weighted by molar-refractivity contribution is -0.120. The molecule has 0 aromatic heterocycles. The second-order valence-corrected chi connectivity index (χ2v) is 7.08. The number of nitrogens with zero attached hydrogens (tertiary/aromatic N) is 2. The Kier molecular flexibility index (Phi) is 7.37. The van der Waals surface area contributed by atoms with Crippen LogP contribution in [0.5, 0.6) is 0 Å². The molecule has 7 heteroatoms. The molecule has 0 radical (unpaired) electrons. The largest absolute Gasteiger partial charge is 0.368 e. The van der Waals surface area contributed by atoms with Crippen LogP contribution in [-0.4, -0.2) is 56.1 Å². The van der Waals surface area contributed by atoms with Crippen LogP contribution in [0.2, 0.25) is 5.02 Å². The summed E-state index contributed by atoms with van der Waals surface area (Å²) in [5, 5.41) is 6.21. The van der Waals surface area contributed by atoms with Crippen molar-refractivity contribution >= 4 is 29.2 Å². The lowest BCUT2D eigenvalue weighted by Crippen LogP contribution is -2.53. The summed E-state index contributed by atoms with van der Waals surface area (Å²) in [7, 11) is 0. The number of hydrogen-bond acceptors (Lipinski definition) is 3. The zero-order valence-electron chi connectivity index (χ0n) is 14.9. The fourth-order valence-corrected chi connectivity index (χ4v) is 2.86. The van der Waals surface area contributed by atoms with E-state index in [0.29, 0.717) is 30.6 Å². The van der Waals surface area contributed by atoms with Crippen molar-refractivity contribution in [2.24, 2.45) is 5.92 Å². The summed E-state index contributed by atoms with van der Waals surface area (Å²) >= 11 is 6.03. The number of halogens is 1. The van der Waals surface area contributed by atoms with Gasteiger partial charge in [-0.1, -0.05) is 31.5 Å². The van der Waals surface area contributed by atoms with Crippen molar-refractivity contribution in [2.45, 2.75) is 20.3 Å². The van der Waals surface area contributed by atoms with E-state index < -0.39 is 0 Å². The molecule has 3 amide bonds. The van der Waals surface area contributed by atoms with Gasteiger partial charge >= 0.3 is 6.03 Å². The Morgan fingerprint density at radius 2 is 1.88 bits per heavy atom. The Balaban J connectivity index is 1.69. The van der Waals surface area contributed by atoms with Crippen LogP contribution >= 0.6 is 11.6 Å². The van der Waals surface area contributed by atoms with Crippen molar-refractivity contribution in [3.8, 4) is 0 Å². The van der Waals surface area contributed by atoms with Gasteiger partial charge in [-0.25, -0.2) is 4.79 Å². The van der Waals surface area contributed by atoms with Gasteiger partial charge in [0, 0.05) is 43.4 Å². The average molecular weight is 367 g/mol. The lowest BCUT2D eigenvalue weighted by Gasteiger charge is -2.36. The van der Waals surface area contributed by atoms with E-state index >= 15 is 0 Å². The van der Waals surface area contributed by atoms with Gasteiger partial charge in [-0.15, -0.1) is 0 Å². The van der Waals surface area contributed by atoms with Gasteiger partial charge in [-0.05, 0) is 30.5 Å². The number of hydrogen-bond donors (Lipinski definition) is 2. The topological polar surface area (TPSA) is 64.7 Å². The Hall–Kier alpha value is -1.95. The Bertz CT molecular complexity index is 586. The van der Waals surface area contributed by atoms with Crippen molar-refractivity contribution in [2.75, 3.05) is 44.2 Å². The van der Waals surface area contributed by atoms with E-state index in [1.54, 1.807) is 4.90 Å². The molecule has 0 aliphatic carbocycles. The molecule has 1 aromatic carbocycles. The predicted molar refractivity (Wildman–Crippen MR) is 101 cm³/mol. The number of carbonyl (C=O) groups is 2. The maximum atomic E-state index is 12.2. The van der Waals surface area contributed by atoms with E-state index in [1.165, 1.54) is 0 Å². The molecule has 0 unspecified atom stereocenters. The maximum absolute atomic E-state index is 12.2. The summed E-state index contributed by atoms with van der Waals surface area (Å²) in [4.78, 5) is 27.8. The van der Waals surface area contributed by atoms with E-state index in [-0.39, 0.29) is 18.5 Å². The van der Waals surface area contributed by atoms with E-state index in [0.717, 1.165) is 25.2 Å². The first kappa shape index (κ1) is 19.4. The van der Waals surface area contributed by atoms with Crippen LogP contribution in [0.1, 0.15) is 20.3 Å². The molecule has 1 aliphatic rings. The number of urea groups is 1. The number of anilines is 1. The fraction of sp³-hybridized carbons (Fsp3) is 0.556. The zero-order chi connectivity index (χ0) is 18.2. The van der Waals surface area contributed by atoms with Crippen molar-refractivity contribution in [1.29, 1.82) is 0 Å². The minimum Gasteiger partial charge on any atom is -0.368 e. The number of nitrogens with one attached hydrogen (secondary N) is 2. The average Bonchev–Trinajstić information content (AvgIpc) is 2.59. The van der Waals surface area contributed by atoms with Crippen molar-refractivity contribution < 1.29 is 9.59 Å². The molecular weight excluding hydrogens is 340 g/mol. The number of rotatable bonds is 6. The molecule has 6 nitrogen and oxygen atoms in total. The molecule has 2 rings (SSSR count). The van der Waals surface area contributed by atoms with Gasteiger partial charge in [-0.3, -0.25) is 4.79 Å². The van der Waals surface area contributed by atoms with Crippen LogP contribution in [-0.2, 0) is 4.79 Å². The van der Waals surface area contributed by atoms with E-state index in [4.69, 9.17) is 11.6 Å². The number of carbonyl (C=O) groups excluding carboxylic acids is 2. The first-order valence-corrected chi connectivity index (χ1v) is 9.13. The fourth-order valence-electron chi connectivity index (χ4n) is 2.67. The Morgan fingerprint density at radius 1 is 1.16 bits per heavy atom. The Labute approximate surface area is 154 Å². The van der Waals surface area contributed by atoms with E-state index in [9.17, 15) is 9.59 Å². The summed E-state index contributed by atoms with van der Waals surface area (Å²) in [6, 6.07) is 7.53. The first-order chi connectivity index (χ1) is 12.0. The van der Waals surface area contributed by atoms with Gasteiger partial charge in [0.1, 0.15) is 0 Å². The quantitative estimate of drug-likeness (QED) is 0.812. The summed E-state index contributed by atoms with van der Waals surface area (Å²) in [6.07, 6.45) is 0.936. The van der Waals surface area contributed by atoms with Crippen LogP contribution in [0.3, 0.4) is 0 Å². The monoisotopic (exact) mass is 366 g/mol. The van der Waals surface area contributed by atoms with Crippen LogP contribution in [0.4, 0.5) is 10.5 Å². The van der Waals surface area contributed by atoms with Gasteiger partial charge in [-0.2, -0.15) is 0 Å². The van der Waals surface area contributed by atoms with Gasteiger partial charge in [0.25, 0.3) is 0 Å². The van der Waals surface area contributed by atoms with E-state index in [2.05, 4.69) is 29.4 Å². The van der Waals surface area contributed by atoms with Crippen LogP contribution in [0.25, 0.3) is 0 Å². The molecule has 138 valence electrons. The normalized spacial score (nSPS) is 14.6. The third kappa shape index (κ3) is 6.46. The van der Waals surface area contributed by atoms with Gasteiger partial charge in [0.05, 0.1) is 6.54 Å². The summed E-state index contributed by atoms with van der Waals surface area (Å²) in [5.41, 5.74) is 1.07. The highest BCUT2D eigenvalue weighted by molar-refractivity contribution is 6.30. The molecule has 0 atom stereocenters. The highest BCUT2D eigenvalue weighted by Gasteiger charge is 2.21. The number of benzene rings is 1. The number of amides is 3. The van der Waals surface area contributed by atoms with Crippen LogP contribution in [0, 0.1) is 5.92 Å². The molecule has 1 saturated heterocycles. The van der Waals surface area contributed by atoms with Gasteiger partial charge < -0.3 is 20.4 Å². The number of piperazine rings is 1. The summed E-state index contributed by atoms with van der Waals surface area (Å²) in [6.45, 7) is 7.60. The minimum atomic E-state index is -0.190. The zero-order valence-corrected chi connectivity index (χ0v) is 15.7. The van der Waals surface area contributed by atoms with Crippen molar-refractivity contribution in [3.05, 3.63) is 29.3 Å². The molecular formula is C18H27ClN4O2. The standard InChI is InChI=1S/C18H27ClN4O2/c1-14(2)6-7-20-17(24)13-21-18(25)23-10-8-22(9-11-23)16-5-3-4-15(19)12-16/h3-5,12,14H,6-11,13H2,1-2H3,(H,20,24)(H,21,25). The molecule has 1 fully saturated rings. The molecule has 2 N–H and O–H groups in total. The molecule has 1 aromatic rings. The van der Waals surface area contributed by atoms with Crippen molar-refractivity contribution in [3.63, 3.8) is 0 Å². The molecule has 0 spiro atoms. The molecule has 1 heterocycles. The van der Waals surface area contributed by atoms with Crippen molar-refractivity contribution in [1.82, 2.24) is 15.5 Å². The molecule has 1 aliphatic heterocycles. The highest BCUT2D eigenvalue weighted by atomic mass is 35.5. The molecule has 25 heavy (non-hydrogen) atoms. The lowest BCUT2D eigenvalue weighted by atomic mass is 10.1. The summed E-state index contributed by atoms with van der Waals surface area (Å²) < 4.78 is 0. The summed E-state index contributed by atoms with van der Waals surface area (Å²) in [5.74, 6) is 0.400. The van der Waals surface area contributed by atoms with Crippen LogP contribution < -0.4 is 15.5 Å². The molecule has 0 saturated carbocycles. The van der Waals surface area contributed by atoms with E-state index in [1.807, 2.05) is 24.3 Å². The molecule has 0 bridgehead atoms. The smallest absolute Gasteiger partial charge is 0.317 e. The maximum Gasteiger partial charge on any atom is 0.317 e.